The highest BCUT2D eigenvalue weighted by Gasteiger charge is 2.23. The lowest BCUT2D eigenvalue weighted by Crippen LogP contribution is -2.25. The van der Waals surface area contributed by atoms with Gasteiger partial charge in [-0.05, 0) is 47.1 Å². The molecule has 8 heteroatoms. The van der Waals surface area contributed by atoms with Gasteiger partial charge >= 0.3 is 0 Å². The van der Waals surface area contributed by atoms with Crippen LogP contribution in [0.4, 0.5) is 8.78 Å². The lowest BCUT2D eigenvalue weighted by atomic mass is 10.2. The van der Waals surface area contributed by atoms with Gasteiger partial charge in [-0.15, -0.1) is 0 Å². The van der Waals surface area contributed by atoms with Crippen molar-refractivity contribution >= 4 is 22.1 Å². The maximum Gasteiger partial charge on any atom is 0.169 e. The van der Waals surface area contributed by atoms with E-state index >= 15 is 0 Å². The highest BCUT2D eigenvalue weighted by atomic mass is 79.9. The largest absolute Gasteiger partial charge is 0.337 e. The average molecular weight is 418 g/mol. The minimum absolute atomic E-state index is 0.0569. The van der Waals surface area contributed by atoms with Crippen molar-refractivity contribution in [3.8, 4) is 11.4 Å². The molecule has 3 aromatic rings. The van der Waals surface area contributed by atoms with Crippen molar-refractivity contribution in [3.05, 3.63) is 69.7 Å². The second-order valence-electron chi connectivity index (χ2n) is 5.97. The van der Waals surface area contributed by atoms with Crippen molar-refractivity contribution < 1.29 is 8.78 Å². The predicted octanol–water partition coefficient (Wildman–Crippen LogP) is 4.42. The first-order valence-electron chi connectivity index (χ1n) is 7.98. The SMILES string of the molecule is CC(c1ccc(Br)cn1)N1Cc2nc(-c3cccc(F)c3F)[nH]c2C=N1. The van der Waals surface area contributed by atoms with Gasteiger partial charge in [0.15, 0.2) is 11.6 Å². The van der Waals surface area contributed by atoms with E-state index in [-0.39, 0.29) is 17.4 Å². The van der Waals surface area contributed by atoms with Gasteiger partial charge in [0, 0.05) is 10.7 Å². The zero-order valence-electron chi connectivity index (χ0n) is 13.7. The van der Waals surface area contributed by atoms with E-state index in [4.69, 9.17) is 0 Å². The Morgan fingerprint density at radius 3 is 2.85 bits per heavy atom. The number of rotatable bonds is 3. The molecule has 0 spiro atoms. The molecule has 1 atom stereocenters. The normalized spacial score (nSPS) is 14.4. The number of hydrazone groups is 1. The third kappa shape index (κ3) is 3.01. The van der Waals surface area contributed by atoms with Gasteiger partial charge in [-0.25, -0.2) is 13.8 Å². The van der Waals surface area contributed by atoms with Gasteiger partial charge in [0.05, 0.1) is 41.4 Å². The zero-order chi connectivity index (χ0) is 18.3. The molecule has 4 rings (SSSR count). The number of pyridine rings is 1. The molecule has 5 nitrogen and oxygen atoms in total. The lowest BCUT2D eigenvalue weighted by Gasteiger charge is -2.27. The van der Waals surface area contributed by atoms with Crippen LogP contribution in [0.5, 0.6) is 0 Å². The first kappa shape index (κ1) is 16.8. The highest BCUT2D eigenvalue weighted by molar-refractivity contribution is 9.10. The fourth-order valence-electron chi connectivity index (χ4n) is 2.81. The summed E-state index contributed by atoms with van der Waals surface area (Å²) in [5, 5.41) is 6.29. The van der Waals surface area contributed by atoms with Gasteiger partial charge in [0.2, 0.25) is 0 Å². The van der Waals surface area contributed by atoms with Crippen LogP contribution < -0.4 is 0 Å². The third-order valence-electron chi connectivity index (χ3n) is 4.29. The number of nitrogens with one attached hydrogen (secondary N) is 1. The minimum Gasteiger partial charge on any atom is -0.337 e. The van der Waals surface area contributed by atoms with Crippen molar-refractivity contribution in [1.82, 2.24) is 20.0 Å². The van der Waals surface area contributed by atoms with Crippen LogP contribution in [0.3, 0.4) is 0 Å². The van der Waals surface area contributed by atoms with Crippen LogP contribution in [-0.2, 0) is 6.54 Å². The number of hydrogen-bond donors (Lipinski definition) is 1. The number of aromatic nitrogens is 3. The van der Waals surface area contributed by atoms with Crippen molar-refractivity contribution in [3.63, 3.8) is 0 Å². The van der Waals surface area contributed by atoms with Crippen LogP contribution >= 0.6 is 15.9 Å². The molecule has 0 amide bonds. The Hall–Kier alpha value is -2.61. The average Bonchev–Trinajstić information content (AvgIpc) is 3.07. The van der Waals surface area contributed by atoms with E-state index in [0.29, 0.717) is 12.2 Å². The molecule has 0 radical (unpaired) electrons. The molecule has 132 valence electrons. The fraction of sp³-hybridized carbons (Fsp3) is 0.167. The number of imidazole rings is 1. The van der Waals surface area contributed by atoms with Gasteiger partial charge in [0.1, 0.15) is 5.82 Å². The van der Waals surface area contributed by atoms with Crippen LogP contribution in [0.25, 0.3) is 11.4 Å². The number of benzene rings is 1. The van der Waals surface area contributed by atoms with Crippen LogP contribution in [-0.4, -0.2) is 26.2 Å². The summed E-state index contributed by atoms with van der Waals surface area (Å²) in [6.07, 6.45) is 3.38. The third-order valence-corrected chi connectivity index (χ3v) is 4.76. The Morgan fingerprint density at radius 2 is 2.08 bits per heavy atom. The molecule has 3 heterocycles. The quantitative estimate of drug-likeness (QED) is 0.685. The maximum atomic E-state index is 14.0. The van der Waals surface area contributed by atoms with Gasteiger partial charge in [0.25, 0.3) is 0 Å². The number of aromatic amines is 1. The summed E-state index contributed by atoms with van der Waals surface area (Å²) >= 11 is 3.37. The number of hydrogen-bond acceptors (Lipinski definition) is 4. The zero-order valence-corrected chi connectivity index (χ0v) is 15.3. The summed E-state index contributed by atoms with van der Waals surface area (Å²) in [5.74, 6) is -1.53. The maximum absolute atomic E-state index is 14.0. The Labute approximate surface area is 156 Å². The smallest absolute Gasteiger partial charge is 0.169 e. The summed E-state index contributed by atoms with van der Waals surface area (Å²) in [6.45, 7) is 2.44. The van der Waals surface area contributed by atoms with Gasteiger partial charge in [-0.3, -0.25) is 9.99 Å². The molecular formula is C18H14BrF2N5. The predicted molar refractivity (Wildman–Crippen MR) is 97.4 cm³/mol. The summed E-state index contributed by atoms with van der Waals surface area (Å²) in [7, 11) is 0. The molecular weight excluding hydrogens is 404 g/mol. The monoisotopic (exact) mass is 417 g/mol. The molecule has 0 saturated heterocycles. The molecule has 26 heavy (non-hydrogen) atoms. The minimum atomic E-state index is -0.917. The van der Waals surface area contributed by atoms with Gasteiger partial charge in [-0.2, -0.15) is 5.10 Å². The van der Waals surface area contributed by atoms with E-state index in [2.05, 4.69) is 36.0 Å². The second kappa shape index (κ2) is 6.60. The number of nitrogens with zero attached hydrogens (tertiary/aromatic N) is 4. The van der Waals surface area contributed by atoms with Crippen LogP contribution in [0.1, 0.15) is 30.0 Å². The number of H-pyrrole nitrogens is 1. The molecule has 2 aromatic heterocycles. The van der Waals surface area contributed by atoms with Crippen molar-refractivity contribution in [2.24, 2.45) is 5.10 Å². The number of fused-ring (bicyclic) bond motifs is 1. The lowest BCUT2D eigenvalue weighted by molar-refractivity contribution is 0.203. The van der Waals surface area contributed by atoms with Crippen molar-refractivity contribution in [1.29, 1.82) is 0 Å². The molecule has 1 aliphatic heterocycles. The molecule has 1 aliphatic rings. The summed E-state index contributed by atoms with van der Waals surface area (Å²) in [6, 6.07) is 7.83. The molecule has 0 bridgehead atoms. The van der Waals surface area contributed by atoms with Crippen LogP contribution in [0.15, 0.2) is 46.1 Å². The Morgan fingerprint density at radius 1 is 1.23 bits per heavy atom. The van der Waals surface area contributed by atoms with E-state index in [1.165, 1.54) is 12.1 Å². The fourth-order valence-corrected chi connectivity index (χ4v) is 3.05. The van der Waals surface area contributed by atoms with E-state index in [0.717, 1.165) is 21.9 Å². The van der Waals surface area contributed by atoms with Gasteiger partial charge < -0.3 is 4.98 Å². The second-order valence-corrected chi connectivity index (χ2v) is 6.88. The Kier molecular flexibility index (Phi) is 4.28. The summed E-state index contributed by atoms with van der Waals surface area (Å²) in [5.41, 5.74) is 2.39. The van der Waals surface area contributed by atoms with Gasteiger partial charge in [-0.1, -0.05) is 6.07 Å². The van der Waals surface area contributed by atoms with Crippen molar-refractivity contribution in [2.45, 2.75) is 19.5 Å². The van der Waals surface area contributed by atoms with E-state index in [9.17, 15) is 8.78 Å². The highest BCUT2D eigenvalue weighted by Crippen LogP contribution is 2.28. The molecule has 0 fully saturated rings. The first-order chi connectivity index (χ1) is 12.5. The van der Waals surface area contributed by atoms with Crippen LogP contribution in [0, 0.1) is 11.6 Å². The topological polar surface area (TPSA) is 57.2 Å². The summed E-state index contributed by atoms with van der Waals surface area (Å²) < 4.78 is 28.4. The summed E-state index contributed by atoms with van der Waals surface area (Å²) in [4.78, 5) is 11.9. The Balaban J connectivity index is 1.61. The van der Waals surface area contributed by atoms with E-state index in [1.807, 2.05) is 24.1 Å². The molecule has 0 saturated carbocycles. The van der Waals surface area contributed by atoms with E-state index in [1.54, 1.807) is 12.4 Å². The van der Waals surface area contributed by atoms with Crippen molar-refractivity contribution in [2.75, 3.05) is 0 Å². The first-order valence-corrected chi connectivity index (χ1v) is 8.77. The van der Waals surface area contributed by atoms with E-state index < -0.39 is 11.6 Å². The van der Waals surface area contributed by atoms with Crippen LogP contribution in [0.2, 0.25) is 0 Å². The molecule has 1 unspecified atom stereocenters. The number of halogens is 3. The molecule has 0 aliphatic carbocycles. The molecule has 1 aromatic carbocycles. The Bertz CT molecular complexity index is 984. The standard InChI is InChI=1S/C18H14BrF2N5/c1-10(14-6-5-11(19)7-22-14)26-9-16-15(8-23-26)24-18(25-16)12-3-2-4-13(20)17(12)21/h2-8,10H,9H2,1H3,(H,24,25). The molecule has 1 N–H and O–H groups in total.